The lowest BCUT2D eigenvalue weighted by Crippen LogP contribution is -2.14. The van der Waals surface area contributed by atoms with Crippen LogP contribution >= 0.6 is 11.3 Å². The first-order valence-corrected chi connectivity index (χ1v) is 15.5. The summed E-state index contributed by atoms with van der Waals surface area (Å²) in [5.74, 6) is 0. The van der Waals surface area contributed by atoms with E-state index in [9.17, 15) is 0 Å². The smallest absolute Gasteiger partial charge is 0.197 e. The zero-order valence-corrected chi connectivity index (χ0v) is 24.7. The van der Waals surface area contributed by atoms with Gasteiger partial charge in [0, 0.05) is 53.2 Å². The van der Waals surface area contributed by atoms with E-state index >= 15 is 0 Å². The van der Waals surface area contributed by atoms with Gasteiger partial charge in [0.1, 0.15) is 0 Å². The van der Waals surface area contributed by atoms with E-state index in [2.05, 4.69) is 132 Å². The fourth-order valence-electron chi connectivity index (χ4n) is 7.50. The van der Waals surface area contributed by atoms with E-state index < -0.39 is 0 Å². The SMILES string of the molecule is [C-]#[N+]c1cccc(-n2c3ccccc3c3ccccc32)c1-c1cccc2c1sc1c3c(ccc12)C(C)(C)c1ccccc1-3. The summed E-state index contributed by atoms with van der Waals surface area (Å²) >= 11 is 1.87. The molecular weight excluding hydrogens is 541 g/mol. The average Bonchev–Trinajstić information content (AvgIpc) is 3.67. The summed E-state index contributed by atoms with van der Waals surface area (Å²) in [4.78, 5) is 4.09. The number of hydrogen-bond acceptors (Lipinski definition) is 1. The van der Waals surface area contributed by atoms with E-state index in [0.29, 0.717) is 5.69 Å². The third-order valence-electron chi connectivity index (χ3n) is 9.44. The van der Waals surface area contributed by atoms with E-state index in [1.165, 1.54) is 53.2 Å². The Morgan fingerprint density at radius 3 is 1.95 bits per heavy atom. The highest BCUT2D eigenvalue weighted by Crippen LogP contribution is 2.55. The van der Waals surface area contributed by atoms with Crippen LogP contribution in [0.25, 0.3) is 74.8 Å². The molecule has 43 heavy (non-hydrogen) atoms. The monoisotopic (exact) mass is 566 g/mol. The topological polar surface area (TPSA) is 9.29 Å². The molecule has 0 spiro atoms. The molecule has 2 aromatic heterocycles. The predicted octanol–water partition coefficient (Wildman–Crippen LogP) is 11.7. The summed E-state index contributed by atoms with van der Waals surface area (Å²) < 4.78 is 4.90. The van der Waals surface area contributed by atoms with Gasteiger partial charge in [0.15, 0.2) is 5.69 Å². The first-order chi connectivity index (χ1) is 21.1. The Bertz CT molecular complexity index is 2450. The third-order valence-corrected chi connectivity index (χ3v) is 10.7. The van der Waals surface area contributed by atoms with Gasteiger partial charge in [0.25, 0.3) is 0 Å². The van der Waals surface area contributed by atoms with Gasteiger partial charge < -0.3 is 4.57 Å². The first-order valence-electron chi connectivity index (χ1n) is 14.7. The molecule has 0 radical (unpaired) electrons. The molecule has 0 unspecified atom stereocenters. The van der Waals surface area contributed by atoms with Crippen LogP contribution in [0.1, 0.15) is 25.0 Å². The number of hydrogen-bond donors (Lipinski definition) is 0. The van der Waals surface area contributed by atoms with Gasteiger partial charge in [0.05, 0.1) is 17.6 Å². The molecule has 3 heteroatoms. The molecule has 0 N–H and O–H groups in total. The minimum atomic E-state index is -0.0421. The van der Waals surface area contributed by atoms with Crippen LogP contribution in [0, 0.1) is 6.57 Å². The van der Waals surface area contributed by atoms with Crippen LogP contribution in [-0.2, 0) is 5.41 Å². The van der Waals surface area contributed by atoms with Crippen molar-refractivity contribution in [1.29, 1.82) is 0 Å². The quantitative estimate of drug-likeness (QED) is 0.184. The van der Waals surface area contributed by atoms with Crippen molar-refractivity contribution in [2.45, 2.75) is 19.3 Å². The van der Waals surface area contributed by atoms with E-state index in [1.54, 1.807) is 0 Å². The second-order valence-electron chi connectivity index (χ2n) is 12.0. The van der Waals surface area contributed by atoms with Crippen LogP contribution in [0.15, 0.2) is 121 Å². The Kier molecular flexibility index (Phi) is 4.93. The molecule has 0 bridgehead atoms. The van der Waals surface area contributed by atoms with Crippen molar-refractivity contribution in [2.24, 2.45) is 0 Å². The fourth-order valence-corrected chi connectivity index (χ4v) is 8.89. The molecule has 0 saturated carbocycles. The molecule has 6 aromatic carbocycles. The highest BCUT2D eigenvalue weighted by atomic mass is 32.1. The highest BCUT2D eigenvalue weighted by molar-refractivity contribution is 7.27. The first kappa shape index (κ1) is 24.4. The van der Waals surface area contributed by atoms with E-state index in [-0.39, 0.29) is 5.41 Å². The van der Waals surface area contributed by atoms with Crippen molar-refractivity contribution in [2.75, 3.05) is 0 Å². The van der Waals surface area contributed by atoms with Gasteiger partial charge in [-0.2, -0.15) is 0 Å². The number of aromatic nitrogens is 1. The lowest BCUT2D eigenvalue weighted by molar-refractivity contribution is 0.661. The van der Waals surface area contributed by atoms with Crippen LogP contribution in [0.4, 0.5) is 5.69 Å². The molecule has 2 nitrogen and oxygen atoms in total. The second kappa shape index (κ2) is 8.67. The maximum atomic E-state index is 8.24. The minimum absolute atomic E-state index is 0.0421. The van der Waals surface area contributed by atoms with Gasteiger partial charge in [-0.1, -0.05) is 117 Å². The number of nitrogens with zero attached hydrogens (tertiary/aromatic N) is 2. The van der Waals surface area contributed by atoms with Gasteiger partial charge >= 0.3 is 0 Å². The number of fused-ring (bicyclic) bond motifs is 10. The molecule has 9 rings (SSSR count). The summed E-state index contributed by atoms with van der Waals surface area (Å²) in [5, 5.41) is 4.96. The number of benzene rings is 6. The van der Waals surface area contributed by atoms with Crippen LogP contribution in [0.3, 0.4) is 0 Å². The van der Waals surface area contributed by atoms with Crippen molar-refractivity contribution in [3.05, 3.63) is 144 Å². The highest BCUT2D eigenvalue weighted by Gasteiger charge is 2.36. The predicted molar refractivity (Wildman–Crippen MR) is 183 cm³/mol. The van der Waals surface area contributed by atoms with Crippen molar-refractivity contribution >= 4 is 59.0 Å². The molecule has 0 atom stereocenters. The molecule has 0 fully saturated rings. The largest absolute Gasteiger partial charge is 0.310 e. The van der Waals surface area contributed by atoms with Gasteiger partial charge in [0.2, 0.25) is 0 Å². The van der Waals surface area contributed by atoms with E-state index in [0.717, 1.165) is 27.8 Å². The fraction of sp³-hybridized carbons (Fsp3) is 0.0750. The Hall–Kier alpha value is -5.17. The number of para-hydroxylation sites is 2. The lowest BCUT2D eigenvalue weighted by Gasteiger charge is -2.21. The van der Waals surface area contributed by atoms with Crippen molar-refractivity contribution in [3.8, 4) is 27.9 Å². The summed E-state index contributed by atoms with van der Waals surface area (Å²) in [7, 11) is 0. The number of thiophene rings is 1. The minimum Gasteiger partial charge on any atom is -0.310 e. The summed E-state index contributed by atoms with van der Waals surface area (Å²) in [6.45, 7) is 12.9. The summed E-state index contributed by atoms with van der Waals surface area (Å²) in [6.07, 6.45) is 0. The van der Waals surface area contributed by atoms with Crippen LogP contribution in [-0.4, -0.2) is 4.57 Å². The van der Waals surface area contributed by atoms with Gasteiger partial charge in [-0.3, -0.25) is 0 Å². The van der Waals surface area contributed by atoms with Crippen LogP contribution < -0.4 is 0 Å². The Balaban J connectivity index is 1.40. The van der Waals surface area contributed by atoms with Gasteiger partial charge in [-0.25, -0.2) is 4.85 Å². The Labute approximate surface area is 253 Å². The standard InChI is InChI=1S/C40H26N2S/c1-40(2)30-17-7-4-14-28(30)36-31(40)23-22-27-26-15-10-16-29(38(26)43-39(27)36)37-32(41-3)18-11-21-35(37)42-33-19-8-5-12-24(33)25-13-6-9-20-34(25)42/h4-23H,1-2H3. The molecule has 8 aromatic rings. The zero-order chi connectivity index (χ0) is 28.9. The summed E-state index contributed by atoms with van der Waals surface area (Å²) in [6, 6.07) is 43.5. The molecule has 0 amide bonds. The van der Waals surface area contributed by atoms with Crippen LogP contribution in [0.5, 0.6) is 0 Å². The molecule has 202 valence electrons. The average molecular weight is 567 g/mol. The van der Waals surface area contributed by atoms with Gasteiger partial charge in [-0.05, 0) is 40.5 Å². The molecule has 1 aliphatic carbocycles. The molecule has 0 aliphatic heterocycles. The van der Waals surface area contributed by atoms with E-state index in [1.807, 2.05) is 23.5 Å². The van der Waals surface area contributed by atoms with Crippen molar-refractivity contribution < 1.29 is 0 Å². The molecule has 2 heterocycles. The van der Waals surface area contributed by atoms with Crippen molar-refractivity contribution in [1.82, 2.24) is 4.57 Å². The Morgan fingerprint density at radius 2 is 1.19 bits per heavy atom. The maximum Gasteiger partial charge on any atom is 0.197 e. The zero-order valence-electron chi connectivity index (χ0n) is 23.8. The second-order valence-corrected chi connectivity index (χ2v) is 13.0. The lowest BCUT2D eigenvalue weighted by atomic mass is 9.82. The van der Waals surface area contributed by atoms with Gasteiger partial charge in [-0.15, -0.1) is 11.3 Å². The molecular formula is C40H26N2S. The van der Waals surface area contributed by atoms with Crippen molar-refractivity contribution in [3.63, 3.8) is 0 Å². The normalized spacial score (nSPS) is 13.5. The Morgan fingerprint density at radius 1 is 0.558 bits per heavy atom. The molecule has 0 saturated heterocycles. The number of rotatable bonds is 2. The maximum absolute atomic E-state index is 8.24. The van der Waals surface area contributed by atoms with Crippen LogP contribution in [0.2, 0.25) is 0 Å². The third kappa shape index (κ3) is 3.16. The summed E-state index contributed by atoms with van der Waals surface area (Å²) in [5.41, 5.74) is 11.5. The molecule has 1 aliphatic rings. The van der Waals surface area contributed by atoms with E-state index in [4.69, 9.17) is 6.57 Å².